The van der Waals surface area contributed by atoms with Crippen LogP contribution < -0.4 is 30.9 Å². The molecule has 8 aliphatic rings. The monoisotopic (exact) mass is 1390 g/mol. The number of alkyl halides is 3. The lowest BCUT2D eigenvalue weighted by Gasteiger charge is -2.72. The molecule has 2 bridgehead atoms. The van der Waals surface area contributed by atoms with Crippen LogP contribution in [0.4, 0.5) is 35.0 Å². The van der Waals surface area contributed by atoms with Crippen LogP contribution in [0, 0.1) is 16.2 Å². The number of thioether (sulfide) groups is 1. The normalized spacial score (nSPS) is 22.8. The van der Waals surface area contributed by atoms with Crippen molar-refractivity contribution in [2.24, 2.45) is 16.2 Å². The van der Waals surface area contributed by atoms with Crippen molar-refractivity contribution in [1.82, 2.24) is 30.1 Å². The summed E-state index contributed by atoms with van der Waals surface area (Å²) in [6.07, 6.45) is 7.79. The van der Waals surface area contributed by atoms with Crippen LogP contribution in [0.25, 0.3) is 0 Å². The Morgan fingerprint density at radius 3 is 2.14 bits per heavy atom. The number of rotatable bonds is 28. The first-order valence-electron chi connectivity index (χ1n) is 32.9. The van der Waals surface area contributed by atoms with Crippen molar-refractivity contribution in [3.05, 3.63) is 119 Å². The Morgan fingerprint density at radius 1 is 0.760 bits per heavy atom. The van der Waals surface area contributed by atoms with E-state index in [9.17, 15) is 58.8 Å². The van der Waals surface area contributed by atoms with Gasteiger partial charge in [-0.05, 0) is 147 Å². The summed E-state index contributed by atoms with van der Waals surface area (Å²) in [6.45, 7) is 14.1. The molecule has 5 N–H and O–H groups in total. The number of sulfone groups is 1. The molecule has 4 aliphatic carbocycles. The van der Waals surface area contributed by atoms with Crippen LogP contribution in [0.5, 0.6) is 0 Å². The van der Waals surface area contributed by atoms with Crippen LogP contribution >= 0.6 is 11.8 Å². The Labute approximate surface area is 562 Å². The number of piperazine rings is 1. The van der Waals surface area contributed by atoms with Gasteiger partial charge in [0.05, 0.1) is 48.1 Å². The largest absolute Gasteiger partial charge is 0.501 e. The molecular formula is C68H84F3N9O13S3. The summed E-state index contributed by atoms with van der Waals surface area (Å²) in [7, 11) is -11.1. The highest BCUT2D eigenvalue weighted by Crippen LogP contribution is 2.77. The van der Waals surface area contributed by atoms with Gasteiger partial charge in [0.15, 0.2) is 0 Å². The molecule has 12 rings (SSSR count). The number of piperidine rings is 2. The number of nitrogens with zero attached hydrogens (tertiary/aromatic N) is 4. The van der Waals surface area contributed by atoms with Gasteiger partial charge in [-0.25, -0.2) is 26.4 Å². The van der Waals surface area contributed by atoms with E-state index in [0.29, 0.717) is 66.9 Å². The molecule has 4 aromatic rings. The number of nitrogens with one attached hydrogen (secondary N) is 5. The minimum Gasteiger partial charge on any atom is -0.446 e. The van der Waals surface area contributed by atoms with Crippen LogP contribution in [0.3, 0.4) is 0 Å². The van der Waals surface area contributed by atoms with E-state index in [4.69, 9.17) is 14.2 Å². The first-order chi connectivity index (χ1) is 45.7. The standard InChI is InChI=1S/C68H84F3N9O13S3/c1-65(2)24-20-46(53(39-65)67-42-66(3,43-67)44-67)40-78-30-32-79(33-31-78)48-14-12-45(13-15-48)60(82)76-96(89,90)51-16-17-54(57(38-51)95(87,88)68(69,70)71)74-47(41-94-50-8-5-4-6-9-50)21-27-77-28-22-49(23-29-77)93-64(86)73-26-35-92-37-36-91-34-25-72-55-11-7-10-52-59(55)63(85)80(62(52)84)56-18-19-58(81)75-61(56)83/h4-17,38,47,49,56,72,74H,18-37,39-44H2,1-3H3,(H,73,86)(H,76,82)(H,75,81,83)/t47-,56?,66?,67?/m1/s1. The molecule has 518 valence electrons. The molecule has 28 heteroatoms. The summed E-state index contributed by atoms with van der Waals surface area (Å²) in [6, 6.07) is 21.1. The van der Waals surface area contributed by atoms with Crippen molar-refractivity contribution < 1.29 is 73.0 Å². The molecule has 96 heavy (non-hydrogen) atoms. The summed E-state index contributed by atoms with van der Waals surface area (Å²) in [4.78, 5) is 83.3. The number of imide groups is 2. The first kappa shape index (κ1) is 70.2. The fourth-order valence-electron chi connectivity index (χ4n) is 14.7. The number of hydrogen-bond donors (Lipinski definition) is 5. The number of fused-ring (bicyclic) bond motifs is 1. The van der Waals surface area contributed by atoms with E-state index >= 15 is 0 Å². The number of halogens is 3. The number of likely N-dealkylation sites (tertiary alicyclic amines) is 1. The number of ether oxygens (including phenoxy) is 3. The predicted octanol–water partition coefficient (Wildman–Crippen LogP) is 8.62. The maximum atomic E-state index is 14.5. The van der Waals surface area contributed by atoms with Gasteiger partial charge in [-0.1, -0.05) is 56.2 Å². The Hall–Kier alpha value is -7.08. The quantitative estimate of drug-likeness (QED) is 0.0154. The van der Waals surface area contributed by atoms with Crippen LogP contribution in [0.2, 0.25) is 0 Å². The van der Waals surface area contributed by atoms with Crippen molar-refractivity contribution in [2.75, 3.05) is 113 Å². The third kappa shape index (κ3) is 16.2. The second-order valence-electron chi connectivity index (χ2n) is 27.4. The number of carbonyl (C=O) groups excluding carboxylic acids is 6. The molecule has 0 aromatic heterocycles. The van der Waals surface area contributed by atoms with Crippen LogP contribution in [-0.4, -0.2) is 188 Å². The van der Waals surface area contributed by atoms with Gasteiger partial charge in [0.2, 0.25) is 11.8 Å². The maximum absolute atomic E-state index is 14.5. The van der Waals surface area contributed by atoms with Crippen LogP contribution in [0.15, 0.2) is 117 Å². The van der Waals surface area contributed by atoms with Crippen molar-refractivity contribution in [3.63, 3.8) is 0 Å². The van der Waals surface area contributed by atoms with E-state index in [1.54, 1.807) is 35.4 Å². The highest BCUT2D eigenvalue weighted by molar-refractivity contribution is 7.99. The van der Waals surface area contributed by atoms with Crippen LogP contribution in [-0.2, 0) is 43.7 Å². The van der Waals surface area contributed by atoms with Gasteiger partial charge in [0, 0.05) is 105 Å². The number of sulfonamides is 1. The molecule has 6 fully saturated rings. The summed E-state index contributed by atoms with van der Waals surface area (Å²) >= 11 is 1.40. The van der Waals surface area contributed by atoms with Crippen LogP contribution in [0.1, 0.15) is 122 Å². The molecule has 3 saturated carbocycles. The molecule has 3 saturated heterocycles. The van der Waals surface area contributed by atoms with Gasteiger partial charge in [0.25, 0.3) is 37.6 Å². The fraction of sp³-hybridized carbons (Fsp3) is 0.529. The Kier molecular flexibility index (Phi) is 21.3. The second kappa shape index (κ2) is 29.2. The lowest BCUT2D eigenvalue weighted by molar-refractivity contribution is -0.167. The molecule has 6 amide bonds. The zero-order valence-corrected chi connectivity index (χ0v) is 56.7. The number of amides is 6. The number of alkyl carbamates (subject to hydrolysis) is 1. The number of anilines is 3. The lowest BCUT2D eigenvalue weighted by atomic mass is 9.33. The number of hydrogen-bond acceptors (Lipinski definition) is 19. The zero-order valence-electron chi connectivity index (χ0n) is 54.2. The number of benzene rings is 4. The minimum atomic E-state index is -6.16. The van der Waals surface area contributed by atoms with Gasteiger partial charge >= 0.3 is 11.6 Å². The third-order valence-corrected chi connectivity index (χ3v) is 23.6. The smallest absolute Gasteiger partial charge is 0.446 e. The molecule has 2 atom stereocenters. The number of allylic oxidation sites excluding steroid dienone is 1. The fourth-order valence-corrected chi connectivity index (χ4v) is 17.7. The second-order valence-corrected chi connectivity index (χ2v) is 32.0. The SMILES string of the molecule is CC1(C)CCC(CN2CCN(c3ccc(C(=O)NS(=O)(=O)c4ccc(N[C@H](CCN5CCC(OC(=O)NCCOCCOCCNc6cccc7c6C(=O)N(C6CCC(=O)NC6=O)C7=O)CC5)CSc5ccccc5)c(S(=O)(=O)C(F)(F)F)c4)cc3)CC2)=C(C23CC(C)(C2)C3)C1. The lowest BCUT2D eigenvalue weighted by Crippen LogP contribution is -2.61. The third-order valence-electron chi connectivity index (χ3n) is 19.6. The van der Waals surface area contributed by atoms with Crippen molar-refractivity contribution >= 4 is 84.3 Å². The topological polar surface area (TPSA) is 271 Å². The van der Waals surface area contributed by atoms with Crippen molar-refractivity contribution in [3.8, 4) is 0 Å². The molecule has 4 aliphatic heterocycles. The van der Waals surface area contributed by atoms with Gasteiger partial charge in [-0.15, -0.1) is 11.8 Å². The van der Waals surface area contributed by atoms with Crippen molar-refractivity contribution in [2.45, 2.75) is 130 Å². The molecule has 0 spiro atoms. The van der Waals surface area contributed by atoms with E-state index in [2.05, 4.69) is 56.7 Å². The average molecular weight is 1390 g/mol. The van der Waals surface area contributed by atoms with E-state index in [1.807, 2.05) is 35.1 Å². The molecule has 22 nitrogen and oxygen atoms in total. The molecular weight excluding hydrogens is 1300 g/mol. The van der Waals surface area contributed by atoms with Gasteiger partial charge < -0.3 is 40.0 Å². The predicted molar refractivity (Wildman–Crippen MR) is 355 cm³/mol. The Morgan fingerprint density at radius 2 is 1.46 bits per heavy atom. The first-order valence-corrected chi connectivity index (χ1v) is 36.8. The summed E-state index contributed by atoms with van der Waals surface area (Å²) in [5, 5.41) is 11.0. The summed E-state index contributed by atoms with van der Waals surface area (Å²) in [5.41, 5.74) is -0.106. The Balaban J connectivity index is 0.618. The maximum Gasteiger partial charge on any atom is 0.501 e. The van der Waals surface area contributed by atoms with E-state index in [1.165, 1.54) is 62.1 Å². The Bertz CT molecular complexity index is 3820. The molecule has 0 radical (unpaired) electrons. The van der Waals surface area contributed by atoms with Gasteiger partial charge in [0.1, 0.15) is 17.0 Å². The highest BCUT2D eigenvalue weighted by atomic mass is 32.2. The molecule has 4 aromatic carbocycles. The van der Waals surface area contributed by atoms with Crippen molar-refractivity contribution in [1.29, 1.82) is 0 Å². The van der Waals surface area contributed by atoms with Gasteiger partial charge in [-0.3, -0.25) is 39.1 Å². The summed E-state index contributed by atoms with van der Waals surface area (Å²) in [5.74, 6) is -3.15. The zero-order chi connectivity index (χ0) is 68.2. The molecule has 4 heterocycles. The highest BCUT2D eigenvalue weighted by Gasteiger charge is 2.67. The van der Waals surface area contributed by atoms with E-state index in [0.717, 1.165) is 66.8 Å². The molecule has 1 unspecified atom stereocenters. The minimum absolute atomic E-state index is 0.0138. The summed E-state index contributed by atoms with van der Waals surface area (Å²) < 4.78 is 117. The van der Waals surface area contributed by atoms with Gasteiger partial charge in [-0.2, -0.15) is 13.2 Å². The number of carbonyl (C=O) groups is 6. The average Bonchev–Trinajstić information content (AvgIpc) is 0.794. The van der Waals surface area contributed by atoms with E-state index in [-0.39, 0.29) is 74.8 Å². The van der Waals surface area contributed by atoms with E-state index < -0.39 is 94.7 Å².